The molecule has 37 heavy (non-hydrogen) atoms. The maximum Gasteiger partial charge on any atom is 0.472 e. The molecule has 3 aromatic rings. The van der Waals surface area contributed by atoms with E-state index in [9.17, 15) is 9.46 Å². The summed E-state index contributed by atoms with van der Waals surface area (Å²) in [4.78, 5) is 21.6. The fourth-order valence-electron chi connectivity index (χ4n) is 4.20. The van der Waals surface area contributed by atoms with Gasteiger partial charge in [0.25, 0.3) is 0 Å². The summed E-state index contributed by atoms with van der Waals surface area (Å²) in [6.45, 7) is 0.492. The fraction of sp³-hybridized carbons (Fsp3) is 0.500. The lowest BCUT2D eigenvalue weighted by Crippen LogP contribution is -2.34. The molecule has 0 radical (unpaired) electrons. The molecule has 11 nitrogen and oxygen atoms in total. The Balaban J connectivity index is 1.10. The zero-order valence-electron chi connectivity index (χ0n) is 19.8. The molecule has 0 saturated carbocycles. The normalized spacial score (nSPS) is 25.9. The van der Waals surface area contributed by atoms with Crippen LogP contribution in [0.1, 0.15) is 24.6 Å². The minimum Gasteiger partial charge on any atom is -0.372 e. The van der Waals surface area contributed by atoms with Crippen LogP contribution < -0.4 is 5.73 Å². The number of aromatic nitrogens is 4. The van der Waals surface area contributed by atoms with Crippen molar-refractivity contribution < 1.29 is 28.0 Å². The molecule has 1 aromatic carbocycles. The summed E-state index contributed by atoms with van der Waals surface area (Å²) in [6, 6.07) is 9.93. The van der Waals surface area contributed by atoms with Gasteiger partial charge in [-0.1, -0.05) is 64.1 Å². The molecule has 200 valence electrons. The van der Waals surface area contributed by atoms with E-state index < -0.39 is 7.82 Å². The van der Waals surface area contributed by atoms with Gasteiger partial charge in [0.1, 0.15) is 17.4 Å². The molecular weight excluding hydrogens is 557 g/mol. The summed E-state index contributed by atoms with van der Waals surface area (Å²) in [7, 11) is -0.817. The third-order valence-electron chi connectivity index (χ3n) is 6.17. The van der Waals surface area contributed by atoms with E-state index in [4.69, 9.17) is 36.5 Å². The van der Waals surface area contributed by atoms with E-state index in [1.54, 1.807) is 32.5 Å². The van der Waals surface area contributed by atoms with Gasteiger partial charge in [0.2, 0.25) is 0 Å². The number of imidazole rings is 1. The standard InChI is InChI=1S/C22H28N5O6PS3/c23-22-25-20-19(21(35)26-22)24-13-27(20)18-7-6-16(33-18)10-32-34(28,29)31-9-15-11-36-37-12-17(15)30-8-14-4-2-1-3-5-14/h1-5,13,15-18H,6-12H2,(H,28,29)(H3,23,25,26,35). The molecule has 0 bridgehead atoms. The van der Waals surface area contributed by atoms with Gasteiger partial charge in [0.05, 0.1) is 38.4 Å². The summed E-state index contributed by atoms with van der Waals surface area (Å²) in [5, 5.41) is 0. The van der Waals surface area contributed by atoms with Crippen molar-refractivity contribution >= 4 is 58.7 Å². The van der Waals surface area contributed by atoms with E-state index in [1.807, 2.05) is 30.3 Å². The summed E-state index contributed by atoms with van der Waals surface area (Å²) in [6.07, 6.45) is 2.12. The number of rotatable bonds is 10. The third kappa shape index (κ3) is 6.94. The van der Waals surface area contributed by atoms with Gasteiger partial charge in [-0.05, 0) is 18.4 Å². The first-order valence-electron chi connectivity index (χ1n) is 11.8. The number of H-pyrrole nitrogens is 1. The first-order chi connectivity index (χ1) is 17.9. The number of nitrogens with one attached hydrogen (secondary N) is 1. The Morgan fingerprint density at radius 3 is 2.84 bits per heavy atom. The molecule has 2 aromatic heterocycles. The number of phosphoric ester groups is 1. The zero-order chi connectivity index (χ0) is 25.8. The van der Waals surface area contributed by atoms with Crippen LogP contribution in [-0.4, -0.2) is 61.3 Å². The average molecular weight is 586 g/mol. The van der Waals surface area contributed by atoms with Crippen molar-refractivity contribution in [1.29, 1.82) is 0 Å². The van der Waals surface area contributed by atoms with E-state index in [0.29, 0.717) is 35.3 Å². The molecule has 5 rings (SSSR count). The van der Waals surface area contributed by atoms with Gasteiger partial charge in [-0.3, -0.25) is 13.6 Å². The summed E-state index contributed by atoms with van der Waals surface area (Å²) in [5.41, 5.74) is 8.03. The Kier molecular flexibility index (Phi) is 8.89. The molecule has 2 aliphatic rings. The first-order valence-corrected chi connectivity index (χ1v) is 16.2. The number of benzene rings is 1. The van der Waals surface area contributed by atoms with Crippen LogP contribution in [0.3, 0.4) is 0 Å². The first kappa shape index (κ1) is 27.1. The smallest absolute Gasteiger partial charge is 0.372 e. The number of phosphoric acid groups is 1. The van der Waals surface area contributed by atoms with Gasteiger partial charge in [-0.2, -0.15) is 0 Å². The Bertz CT molecular complexity index is 1310. The highest BCUT2D eigenvalue weighted by Gasteiger charge is 2.34. The van der Waals surface area contributed by atoms with Crippen molar-refractivity contribution in [2.45, 2.75) is 37.9 Å². The van der Waals surface area contributed by atoms with Gasteiger partial charge < -0.3 is 25.1 Å². The van der Waals surface area contributed by atoms with Crippen molar-refractivity contribution in [3.63, 3.8) is 0 Å². The molecular formula is C22H28N5O6PS3. The Labute approximate surface area is 226 Å². The molecule has 2 saturated heterocycles. The Morgan fingerprint density at radius 1 is 1.22 bits per heavy atom. The van der Waals surface area contributed by atoms with Crippen molar-refractivity contribution in [2.75, 3.05) is 30.5 Å². The summed E-state index contributed by atoms with van der Waals surface area (Å²) >= 11 is 5.22. The number of aromatic amines is 1. The van der Waals surface area contributed by atoms with Crippen LogP contribution >= 0.6 is 41.6 Å². The molecule has 2 fully saturated rings. The molecule has 15 heteroatoms. The average Bonchev–Trinajstić information content (AvgIpc) is 3.53. The second kappa shape index (κ2) is 12.1. The highest BCUT2D eigenvalue weighted by atomic mass is 33.1. The van der Waals surface area contributed by atoms with Crippen LogP contribution in [0.5, 0.6) is 0 Å². The molecule has 5 atom stereocenters. The number of ether oxygens (including phenoxy) is 2. The maximum absolute atomic E-state index is 12.6. The van der Waals surface area contributed by atoms with Crippen molar-refractivity contribution in [3.05, 3.63) is 46.9 Å². The minimum absolute atomic E-state index is 0.0203. The van der Waals surface area contributed by atoms with Crippen LogP contribution in [0.25, 0.3) is 11.2 Å². The number of fused-ring (bicyclic) bond motifs is 1. The number of anilines is 1. The van der Waals surface area contributed by atoms with Crippen LogP contribution in [0, 0.1) is 10.6 Å². The Morgan fingerprint density at radius 2 is 2.00 bits per heavy atom. The second-order valence-electron chi connectivity index (χ2n) is 8.79. The molecule has 0 aliphatic carbocycles. The molecule has 0 amide bonds. The van der Waals surface area contributed by atoms with Crippen LogP contribution in [-0.2, 0) is 29.7 Å². The fourth-order valence-corrected chi connectivity index (χ4v) is 7.94. The van der Waals surface area contributed by atoms with Crippen molar-refractivity contribution in [2.24, 2.45) is 5.92 Å². The van der Waals surface area contributed by atoms with Crippen LogP contribution in [0.4, 0.5) is 5.95 Å². The maximum atomic E-state index is 12.6. The third-order valence-corrected chi connectivity index (χ3v) is 9.91. The Hall–Kier alpha value is -1.48. The van der Waals surface area contributed by atoms with E-state index in [0.717, 1.165) is 17.1 Å². The zero-order valence-corrected chi connectivity index (χ0v) is 23.1. The number of nitrogens with two attached hydrogens (primary N) is 1. The molecule has 2 aliphatic heterocycles. The lowest BCUT2D eigenvalue weighted by atomic mass is 10.1. The number of hydrogen-bond acceptors (Lipinski definition) is 11. The topological polar surface area (TPSA) is 147 Å². The van der Waals surface area contributed by atoms with E-state index in [1.165, 1.54) is 0 Å². The van der Waals surface area contributed by atoms with Gasteiger partial charge in [-0.15, -0.1) is 0 Å². The second-order valence-corrected chi connectivity index (χ2v) is 13.2. The lowest BCUT2D eigenvalue weighted by molar-refractivity contribution is -0.0258. The molecule has 5 unspecified atom stereocenters. The lowest BCUT2D eigenvalue weighted by Gasteiger charge is -2.30. The highest BCUT2D eigenvalue weighted by molar-refractivity contribution is 8.76. The summed E-state index contributed by atoms with van der Waals surface area (Å²) in [5.74, 6) is 1.72. The van der Waals surface area contributed by atoms with Crippen molar-refractivity contribution in [1.82, 2.24) is 19.5 Å². The number of nitrogens with zero attached hydrogens (tertiary/aromatic N) is 3. The number of nitrogen functional groups attached to an aromatic ring is 1. The minimum atomic E-state index is -4.26. The molecule has 4 heterocycles. The van der Waals surface area contributed by atoms with Crippen LogP contribution in [0.15, 0.2) is 36.7 Å². The number of hydrogen-bond donors (Lipinski definition) is 3. The predicted octanol–water partition coefficient (Wildman–Crippen LogP) is 4.48. The largest absolute Gasteiger partial charge is 0.472 e. The van der Waals surface area contributed by atoms with Crippen LogP contribution in [0.2, 0.25) is 0 Å². The summed E-state index contributed by atoms with van der Waals surface area (Å²) < 4.78 is 37.5. The monoisotopic (exact) mass is 585 g/mol. The van der Waals surface area contributed by atoms with Gasteiger partial charge >= 0.3 is 7.82 Å². The van der Waals surface area contributed by atoms with E-state index in [2.05, 4.69) is 15.0 Å². The van der Waals surface area contributed by atoms with E-state index >= 15 is 0 Å². The van der Waals surface area contributed by atoms with Gasteiger partial charge in [-0.25, -0.2) is 14.5 Å². The van der Waals surface area contributed by atoms with Gasteiger partial charge in [0, 0.05) is 17.4 Å². The highest BCUT2D eigenvalue weighted by Crippen LogP contribution is 2.46. The van der Waals surface area contributed by atoms with Crippen molar-refractivity contribution in [3.8, 4) is 0 Å². The SMILES string of the molecule is Nc1nc(=S)c2ncn(C3CCC(COP(=O)(O)OCC4CSSCC4OCc4ccccc4)O3)c2[nH]1. The quantitative estimate of drug-likeness (QED) is 0.175. The van der Waals surface area contributed by atoms with Gasteiger partial charge in [0.15, 0.2) is 10.6 Å². The van der Waals surface area contributed by atoms with E-state index in [-0.39, 0.29) is 43.5 Å². The predicted molar refractivity (Wildman–Crippen MR) is 145 cm³/mol. The molecule has 0 spiro atoms. The molecule has 4 N–H and O–H groups in total.